The number of ether oxygens (including phenoxy) is 1. The molecule has 17 heavy (non-hydrogen) atoms. The average Bonchev–Trinajstić information content (AvgIpc) is 2.25. The third-order valence-electron chi connectivity index (χ3n) is 1.98. The standard InChI is InChI=1S/C9H8F5NO2/c1-17-8-5(9(12,13)14)2-4(3-16)6(15-8)7(10)11/h2,7,16H,3H2,1H3. The molecule has 1 aromatic rings. The van der Waals surface area contributed by atoms with Gasteiger partial charge in [0.25, 0.3) is 6.43 Å². The van der Waals surface area contributed by atoms with Crippen LogP contribution in [0.25, 0.3) is 0 Å². The lowest BCUT2D eigenvalue weighted by Crippen LogP contribution is -2.12. The van der Waals surface area contributed by atoms with Crippen LogP contribution in [0.1, 0.15) is 23.2 Å². The number of rotatable bonds is 3. The molecule has 0 fully saturated rings. The van der Waals surface area contributed by atoms with Crippen LogP contribution in [-0.2, 0) is 12.8 Å². The smallest absolute Gasteiger partial charge is 0.421 e. The minimum Gasteiger partial charge on any atom is -0.481 e. The van der Waals surface area contributed by atoms with Gasteiger partial charge >= 0.3 is 6.18 Å². The molecule has 1 aromatic heterocycles. The number of hydrogen-bond acceptors (Lipinski definition) is 3. The van der Waals surface area contributed by atoms with Gasteiger partial charge in [-0.2, -0.15) is 13.2 Å². The van der Waals surface area contributed by atoms with Crippen LogP contribution in [0.15, 0.2) is 6.07 Å². The van der Waals surface area contributed by atoms with Crippen molar-refractivity contribution in [2.75, 3.05) is 7.11 Å². The van der Waals surface area contributed by atoms with E-state index in [1.807, 2.05) is 0 Å². The first-order valence-corrected chi connectivity index (χ1v) is 4.35. The van der Waals surface area contributed by atoms with Crippen LogP contribution in [0, 0.1) is 0 Å². The number of alkyl halides is 5. The molecule has 0 amide bonds. The van der Waals surface area contributed by atoms with Crippen molar-refractivity contribution in [3.05, 3.63) is 22.9 Å². The van der Waals surface area contributed by atoms with Gasteiger partial charge in [-0.1, -0.05) is 0 Å². The number of aliphatic hydroxyl groups is 1. The van der Waals surface area contributed by atoms with Crippen molar-refractivity contribution in [3.63, 3.8) is 0 Å². The van der Waals surface area contributed by atoms with Gasteiger partial charge in [-0.3, -0.25) is 0 Å². The summed E-state index contributed by atoms with van der Waals surface area (Å²) < 4.78 is 66.7. The van der Waals surface area contributed by atoms with Gasteiger partial charge in [-0.25, -0.2) is 13.8 Å². The van der Waals surface area contributed by atoms with Crippen molar-refractivity contribution in [1.29, 1.82) is 0 Å². The number of halogens is 5. The summed E-state index contributed by atoms with van der Waals surface area (Å²) in [7, 11) is 0.894. The average molecular weight is 257 g/mol. The molecule has 0 radical (unpaired) electrons. The summed E-state index contributed by atoms with van der Waals surface area (Å²) in [5, 5.41) is 8.74. The molecule has 0 spiro atoms. The van der Waals surface area contributed by atoms with E-state index in [1.54, 1.807) is 0 Å². The number of nitrogens with zero attached hydrogens (tertiary/aromatic N) is 1. The van der Waals surface area contributed by atoms with Crippen LogP contribution >= 0.6 is 0 Å². The third kappa shape index (κ3) is 2.82. The lowest BCUT2D eigenvalue weighted by molar-refractivity contribution is -0.139. The topological polar surface area (TPSA) is 42.4 Å². The van der Waals surface area contributed by atoms with Crippen molar-refractivity contribution in [2.24, 2.45) is 0 Å². The Hall–Kier alpha value is -1.44. The van der Waals surface area contributed by atoms with Crippen molar-refractivity contribution < 1.29 is 31.8 Å². The molecule has 3 nitrogen and oxygen atoms in total. The molecule has 8 heteroatoms. The van der Waals surface area contributed by atoms with E-state index < -0.39 is 41.9 Å². The first kappa shape index (κ1) is 13.6. The molecule has 0 saturated heterocycles. The summed E-state index contributed by atoms with van der Waals surface area (Å²) in [6, 6.07) is 0.410. The zero-order valence-corrected chi connectivity index (χ0v) is 8.55. The predicted molar refractivity (Wildman–Crippen MR) is 46.7 cm³/mol. The lowest BCUT2D eigenvalue weighted by atomic mass is 10.1. The first-order valence-electron chi connectivity index (χ1n) is 4.35. The molecular formula is C9H8F5NO2. The maximum absolute atomic E-state index is 12.5. The highest BCUT2D eigenvalue weighted by molar-refractivity contribution is 5.36. The molecule has 1 rings (SSSR count). The van der Waals surface area contributed by atoms with Crippen LogP contribution in [0.2, 0.25) is 0 Å². The fourth-order valence-electron chi connectivity index (χ4n) is 1.23. The van der Waals surface area contributed by atoms with E-state index in [0.717, 1.165) is 7.11 Å². The van der Waals surface area contributed by atoms with Gasteiger partial charge in [0.05, 0.1) is 13.7 Å². The number of hydrogen-bond donors (Lipinski definition) is 1. The second kappa shape index (κ2) is 4.82. The van der Waals surface area contributed by atoms with Gasteiger partial charge < -0.3 is 9.84 Å². The monoisotopic (exact) mass is 257 g/mol. The van der Waals surface area contributed by atoms with E-state index in [9.17, 15) is 22.0 Å². The van der Waals surface area contributed by atoms with E-state index in [-0.39, 0.29) is 0 Å². The minimum absolute atomic E-state index is 0.410. The predicted octanol–water partition coefficient (Wildman–Crippen LogP) is 2.54. The van der Waals surface area contributed by atoms with Gasteiger partial charge in [0.15, 0.2) is 0 Å². The number of methoxy groups -OCH3 is 1. The molecule has 0 aliphatic rings. The largest absolute Gasteiger partial charge is 0.481 e. The number of aliphatic hydroxyl groups excluding tert-OH is 1. The first-order chi connectivity index (χ1) is 7.81. The van der Waals surface area contributed by atoms with E-state index in [2.05, 4.69) is 9.72 Å². The van der Waals surface area contributed by atoms with Crippen LogP contribution in [0.3, 0.4) is 0 Å². The summed E-state index contributed by atoms with van der Waals surface area (Å²) in [4.78, 5) is 3.08. The van der Waals surface area contributed by atoms with Crippen LogP contribution in [-0.4, -0.2) is 17.2 Å². The second-order valence-electron chi connectivity index (χ2n) is 3.05. The normalized spacial score (nSPS) is 12.0. The molecule has 0 bridgehead atoms. The Bertz CT molecular complexity index is 405. The van der Waals surface area contributed by atoms with Crippen molar-refractivity contribution in [1.82, 2.24) is 4.98 Å². The van der Waals surface area contributed by atoms with E-state index in [0.29, 0.717) is 6.07 Å². The number of aromatic nitrogens is 1. The molecule has 0 aliphatic heterocycles. The third-order valence-corrected chi connectivity index (χ3v) is 1.98. The molecule has 1 N–H and O–H groups in total. The SMILES string of the molecule is COc1nc(C(F)F)c(CO)cc1C(F)(F)F. The second-order valence-corrected chi connectivity index (χ2v) is 3.05. The Labute approximate surface area is 92.8 Å². The Morgan fingerprint density at radius 2 is 2.00 bits per heavy atom. The van der Waals surface area contributed by atoms with Gasteiger partial charge in [0.1, 0.15) is 11.3 Å². The Kier molecular flexibility index (Phi) is 3.87. The summed E-state index contributed by atoms with van der Waals surface area (Å²) in [5.41, 5.74) is -2.79. The zero-order valence-electron chi connectivity index (χ0n) is 8.55. The van der Waals surface area contributed by atoms with Gasteiger partial charge in [-0.15, -0.1) is 0 Å². The van der Waals surface area contributed by atoms with Crippen LogP contribution in [0.4, 0.5) is 22.0 Å². The maximum Gasteiger partial charge on any atom is 0.421 e. The van der Waals surface area contributed by atoms with E-state index in [4.69, 9.17) is 5.11 Å². The fourth-order valence-corrected chi connectivity index (χ4v) is 1.23. The molecule has 0 unspecified atom stereocenters. The van der Waals surface area contributed by atoms with E-state index >= 15 is 0 Å². The van der Waals surface area contributed by atoms with Crippen molar-refractivity contribution in [3.8, 4) is 5.88 Å². The van der Waals surface area contributed by atoms with Crippen LogP contribution in [0.5, 0.6) is 5.88 Å². The Morgan fingerprint density at radius 3 is 2.35 bits per heavy atom. The van der Waals surface area contributed by atoms with Gasteiger partial charge in [-0.05, 0) is 6.07 Å². The summed E-state index contributed by atoms with van der Waals surface area (Å²) >= 11 is 0. The number of pyridine rings is 1. The van der Waals surface area contributed by atoms with Crippen molar-refractivity contribution >= 4 is 0 Å². The van der Waals surface area contributed by atoms with Gasteiger partial charge in [0.2, 0.25) is 5.88 Å². The Balaban J connectivity index is 3.44. The quantitative estimate of drug-likeness (QED) is 0.846. The summed E-state index contributed by atoms with van der Waals surface area (Å²) in [6.07, 6.45) is -7.88. The molecule has 1 heterocycles. The molecule has 96 valence electrons. The van der Waals surface area contributed by atoms with Gasteiger partial charge in [0, 0.05) is 5.56 Å². The minimum atomic E-state index is -4.79. The molecule has 0 atom stereocenters. The molecule has 0 saturated carbocycles. The highest BCUT2D eigenvalue weighted by atomic mass is 19.4. The maximum atomic E-state index is 12.5. The van der Waals surface area contributed by atoms with Crippen LogP contribution < -0.4 is 4.74 Å². The molecule has 0 aliphatic carbocycles. The lowest BCUT2D eigenvalue weighted by Gasteiger charge is -2.14. The highest BCUT2D eigenvalue weighted by Gasteiger charge is 2.37. The Morgan fingerprint density at radius 1 is 1.41 bits per heavy atom. The fraction of sp³-hybridized carbons (Fsp3) is 0.444. The zero-order chi connectivity index (χ0) is 13.2. The molecular weight excluding hydrogens is 249 g/mol. The van der Waals surface area contributed by atoms with E-state index in [1.165, 1.54) is 0 Å². The summed E-state index contributed by atoms with van der Waals surface area (Å²) in [6.45, 7) is -0.959. The van der Waals surface area contributed by atoms with Crippen molar-refractivity contribution in [2.45, 2.75) is 19.2 Å². The highest BCUT2D eigenvalue weighted by Crippen LogP contribution is 2.37. The molecule has 0 aromatic carbocycles. The summed E-state index contributed by atoms with van der Waals surface area (Å²) in [5.74, 6) is -0.940.